The normalized spacial score (nSPS) is 17.7. The number of ether oxygens (including phenoxy) is 1. The Morgan fingerprint density at radius 2 is 1.57 bits per heavy atom. The summed E-state index contributed by atoms with van der Waals surface area (Å²) in [6.07, 6.45) is 1.23. The second-order valence-electron chi connectivity index (χ2n) is 8.77. The average molecular weight is 497 g/mol. The van der Waals surface area contributed by atoms with Gasteiger partial charge in [0.05, 0.1) is 25.2 Å². The van der Waals surface area contributed by atoms with Crippen molar-refractivity contribution in [2.24, 2.45) is 0 Å². The maximum Gasteiger partial charge on any atom is 0.226 e. The molecule has 35 heavy (non-hydrogen) atoms. The second-order valence-corrected chi connectivity index (χ2v) is 10.7. The molecule has 2 fully saturated rings. The van der Waals surface area contributed by atoms with E-state index in [1.807, 2.05) is 30.3 Å². The first kappa shape index (κ1) is 23.6. The lowest BCUT2D eigenvalue weighted by Gasteiger charge is -2.35. The fourth-order valence-electron chi connectivity index (χ4n) is 4.46. The van der Waals surface area contributed by atoms with Gasteiger partial charge in [-0.3, -0.25) is 4.79 Å². The van der Waals surface area contributed by atoms with Gasteiger partial charge in [0.25, 0.3) is 0 Å². The minimum absolute atomic E-state index is 0.154. The second kappa shape index (κ2) is 9.48. The van der Waals surface area contributed by atoms with Crippen molar-refractivity contribution in [3.63, 3.8) is 0 Å². The van der Waals surface area contributed by atoms with Gasteiger partial charge in [0, 0.05) is 51.8 Å². The highest BCUT2D eigenvalue weighted by Crippen LogP contribution is 2.34. The molecule has 1 aromatic carbocycles. The van der Waals surface area contributed by atoms with Crippen molar-refractivity contribution in [2.75, 3.05) is 68.5 Å². The molecule has 4 heterocycles. The molecule has 0 radical (unpaired) electrons. The minimum Gasteiger partial charge on any atom is -0.378 e. The van der Waals surface area contributed by atoms with Gasteiger partial charge in [0.2, 0.25) is 16.0 Å². The van der Waals surface area contributed by atoms with Crippen molar-refractivity contribution in [2.45, 2.75) is 6.92 Å². The standard InChI is InChI=1S/C24H28N6O4S/c1-17(31)19-16-20(28-8-10-30(11-9-28)35(2,32)33)22-23(25-19)21(18-6-4-3-5-7-18)26-24(27-22)29-12-14-34-15-13-29/h3-7,16H,8-15H2,1-2H3. The number of piperazine rings is 1. The first-order chi connectivity index (χ1) is 16.8. The molecule has 0 saturated carbocycles. The number of carbonyl (C=O) groups is 1. The first-order valence-electron chi connectivity index (χ1n) is 11.6. The molecule has 0 atom stereocenters. The molecular weight excluding hydrogens is 468 g/mol. The van der Waals surface area contributed by atoms with Gasteiger partial charge in [-0.05, 0) is 6.07 Å². The smallest absolute Gasteiger partial charge is 0.226 e. The number of morpholine rings is 1. The van der Waals surface area contributed by atoms with Crippen LogP contribution >= 0.6 is 0 Å². The van der Waals surface area contributed by atoms with E-state index in [2.05, 4.69) is 9.80 Å². The molecule has 0 N–H and O–H groups in total. The molecule has 3 aromatic rings. The number of rotatable bonds is 5. The molecule has 184 valence electrons. The zero-order chi connectivity index (χ0) is 24.6. The number of sulfonamides is 1. The molecule has 2 saturated heterocycles. The van der Waals surface area contributed by atoms with Gasteiger partial charge in [0.1, 0.15) is 22.4 Å². The Kier molecular flexibility index (Phi) is 6.39. The van der Waals surface area contributed by atoms with Gasteiger partial charge < -0.3 is 14.5 Å². The molecule has 10 nitrogen and oxygen atoms in total. The van der Waals surface area contributed by atoms with Crippen LogP contribution in [0.25, 0.3) is 22.3 Å². The van der Waals surface area contributed by atoms with Crippen LogP contribution in [0.4, 0.5) is 11.6 Å². The van der Waals surface area contributed by atoms with Gasteiger partial charge in [-0.1, -0.05) is 30.3 Å². The van der Waals surface area contributed by atoms with Crippen molar-refractivity contribution in [3.05, 3.63) is 42.1 Å². The van der Waals surface area contributed by atoms with E-state index in [1.165, 1.54) is 17.5 Å². The van der Waals surface area contributed by atoms with Gasteiger partial charge >= 0.3 is 0 Å². The average Bonchev–Trinajstić information content (AvgIpc) is 2.88. The van der Waals surface area contributed by atoms with Gasteiger partial charge in [-0.15, -0.1) is 0 Å². The predicted molar refractivity (Wildman–Crippen MR) is 134 cm³/mol. The van der Waals surface area contributed by atoms with Crippen molar-refractivity contribution >= 4 is 38.5 Å². The Bertz CT molecular complexity index is 1350. The quantitative estimate of drug-likeness (QED) is 0.489. The van der Waals surface area contributed by atoms with Crippen LogP contribution in [0.15, 0.2) is 36.4 Å². The molecule has 2 aliphatic rings. The number of ketones is 1. The summed E-state index contributed by atoms with van der Waals surface area (Å²) in [5, 5.41) is 0. The molecule has 5 rings (SSSR count). The van der Waals surface area contributed by atoms with Gasteiger partial charge in [0.15, 0.2) is 5.78 Å². The topological polar surface area (TPSA) is 109 Å². The lowest BCUT2D eigenvalue weighted by Crippen LogP contribution is -2.48. The predicted octanol–water partition coefficient (Wildman–Crippen LogP) is 1.81. The number of aromatic nitrogens is 3. The number of pyridine rings is 1. The SMILES string of the molecule is CC(=O)c1cc(N2CCN(S(C)(=O)=O)CC2)c2nc(N3CCOCC3)nc(-c3ccccc3)c2n1. The third kappa shape index (κ3) is 4.84. The lowest BCUT2D eigenvalue weighted by atomic mass is 10.1. The van der Waals surface area contributed by atoms with E-state index in [0.29, 0.717) is 80.9 Å². The monoisotopic (exact) mass is 496 g/mol. The lowest BCUT2D eigenvalue weighted by molar-refractivity contribution is 0.101. The summed E-state index contributed by atoms with van der Waals surface area (Å²) in [7, 11) is -3.26. The third-order valence-corrected chi connectivity index (χ3v) is 7.67. The number of carbonyl (C=O) groups excluding carboxylic acids is 1. The number of anilines is 2. The Morgan fingerprint density at radius 1 is 0.886 bits per heavy atom. The summed E-state index contributed by atoms with van der Waals surface area (Å²) in [5.74, 6) is 0.437. The van der Waals surface area contributed by atoms with Crippen molar-refractivity contribution in [3.8, 4) is 11.3 Å². The van der Waals surface area contributed by atoms with E-state index >= 15 is 0 Å². The summed E-state index contributed by atoms with van der Waals surface area (Å²) in [6, 6.07) is 11.5. The molecule has 0 amide bonds. The van der Waals surface area contributed by atoms with Gasteiger partial charge in [-0.25, -0.2) is 23.4 Å². The summed E-state index contributed by atoms with van der Waals surface area (Å²) >= 11 is 0. The summed E-state index contributed by atoms with van der Waals surface area (Å²) < 4.78 is 31.0. The van der Waals surface area contributed by atoms with Crippen molar-refractivity contribution < 1.29 is 17.9 Å². The van der Waals surface area contributed by atoms with Crippen LogP contribution in [0.2, 0.25) is 0 Å². The fraction of sp³-hybridized carbons (Fsp3) is 0.417. The summed E-state index contributed by atoms with van der Waals surface area (Å²) in [6.45, 7) is 5.76. The summed E-state index contributed by atoms with van der Waals surface area (Å²) in [5.41, 5.74) is 3.85. The Morgan fingerprint density at radius 3 is 2.20 bits per heavy atom. The molecule has 0 aliphatic carbocycles. The van der Waals surface area contributed by atoms with E-state index in [1.54, 1.807) is 6.07 Å². The van der Waals surface area contributed by atoms with Gasteiger partial charge in [-0.2, -0.15) is 4.31 Å². The highest BCUT2D eigenvalue weighted by atomic mass is 32.2. The minimum atomic E-state index is -3.26. The number of nitrogens with zero attached hydrogens (tertiary/aromatic N) is 6. The maximum atomic E-state index is 12.4. The van der Waals surface area contributed by atoms with Crippen LogP contribution in [0.3, 0.4) is 0 Å². The van der Waals surface area contributed by atoms with Crippen LogP contribution in [0.1, 0.15) is 17.4 Å². The Labute approximate surface area is 204 Å². The zero-order valence-corrected chi connectivity index (χ0v) is 20.7. The number of fused-ring (bicyclic) bond motifs is 1. The van der Waals surface area contributed by atoms with E-state index in [-0.39, 0.29) is 5.78 Å². The van der Waals surface area contributed by atoms with E-state index in [9.17, 15) is 13.2 Å². The Balaban J connectivity index is 1.69. The zero-order valence-electron chi connectivity index (χ0n) is 19.8. The van der Waals surface area contributed by atoms with Crippen LogP contribution in [0, 0.1) is 0 Å². The van der Waals surface area contributed by atoms with E-state index in [0.717, 1.165) is 11.3 Å². The molecular formula is C24H28N6O4S. The number of hydrogen-bond donors (Lipinski definition) is 0. The molecule has 11 heteroatoms. The van der Waals surface area contributed by atoms with E-state index < -0.39 is 10.0 Å². The molecule has 2 aromatic heterocycles. The van der Waals surface area contributed by atoms with Crippen molar-refractivity contribution in [1.29, 1.82) is 0 Å². The van der Waals surface area contributed by atoms with Crippen LogP contribution in [-0.2, 0) is 14.8 Å². The first-order valence-corrected chi connectivity index (χ1v) is 13.5. The van der Waals surface area contributed by atoms with Crippen LogP contribution < -0.4 is 9.80 Å². The fourth-order valence-corrected chi connectivity index (χ4v) is 5.29. The van der Waals surface area contributed by atoms with Crippen molar-refractivity contribution in [1.82, 2.24) is 19.3 Å². The number of Topliss-reactive ketones (excluding diaryl/α,β-unsaturated/α-hetero) is 1. The van der Waals surface area contributed by atoms with E-state index in [4.69, 9.17) is 19.7 Å². The molecule has 0 unspecified atom stereocenters. The molecule has 0 bridgehead atoms. The summed E-state index contributed by atoms with van der Waals surface area (Å²) in [4.78, 5) is 31.2. The third-order valence-electron chi connectivity index (χ3n) is 6.37. The number of hydrogen-bond acceptors (Lipinski definition) is 9. The molecule has 0 spiro atoms. The Hall–Kier alpha value is -3.15. The maximum absolute atomic E-state index is 12.4. The highest BCUT2D eigenvalue weighted by molar-refractivity contribution is 7.88. The molecule has 2 aliphatic heterocycles. The largest absolute Gasteiger partial charge is 0.378 e. The number of benzene rings is 1. The van der Waals surface area contributed by atoms with Crippen LogP contribution in [0.5, 0.6) is 0 Å². The van der Waals surface area contributed by atoms with Crippen LogP contribution in [-0.4, -0.2) is 92.2 Å². The highest BCUT2D eigenvalue weighted by Gasteiger charge is 2.27.